The van der Waals surface area contributed by atoms with Crippen LogP contribution in [0.3, 0.4) is 0 Å². The Morgan fingerprint density at radius 2 is 2.20 bits per heavy atom. The molecular formula is C13H24N2O4S. The molecule has 20 heavy (non-hydrogen) atoms. The Bertz CT molecular complexity index is 445. The van der Waals surface area contributed by atoms with E-state index in [0.717, 1.165) is 25.9 Å². The molecule has 116 valence electrons. The minimum atomic E-state index is -2.98. The van der Waals surface area contributed by atoms with E-state index >= 15 is 0 Å². The van der Waals surface area contributed by atoms with Crippen LogP contribution in [0.15, 0.2) is 0 Å². The largest absolute Gasteiger partial charge is 0.385 e. The van der Waals surface area contributed by atoms with Crippen molar-refractivity contribution in [2.75, 3.05) is 38.3 Å². The number of methoxy groups -OCH3 is 1. The number of hydrogen-bond donors (Lipinski definition) is 2. The maximum absolute atomic E-state index is 11.9. The Balaban J connectivity index is 1.70. The lowest BCUT2D eigenvalue weighted by molar-refractivity contribution is -0.121. The van der Waals surface area contributed by atoms with Gasteiger partial charge in [-0.2, -0.15) is 0 Å². The van der Waals surface area contributed by atoms with Crippen molar-refractivity contribution in [1.29, 1.82) is 0 Å². The van der Waals surface area contributed by atoms with Gasteiger partial charge in [0.1, 0.15) is 0 Å². The Morgan fingerprint density at radius 3 is 2.80 bits per heavy atom. The topological polar surface area (TPSA) is 84.5 Å². The molecule has 2 aliphatic rings. The molecule has 1 unspecified atom stereocenters. The summed E-state index contributed by atoms with van der Waals surface area (Å²) in [6, 6.07) is -0.247. The van der Waals surface area contributed by atoms with Crippen molar-refractivity contribution in [2.45, 2.75) is 31.7 Å². The molecule has 0 spiro atoms. The lowest BCUT2D eigenvalue weighted by atomic mass is 10.0. The third kappa shape index (κ3) is 4.71. The first-order valence-corrected chi connectivity index (χ1v) is 8.96. The van der Waals surface area contributed by atoms with Gasteiger partial charge in [-0.3, -0.25) is 4.79 Å². The summed E-state index contributed by atoms with van der Waals surface area (Å²) < 4.78 is 28.1. The third-order valence-corrected chi connectivity index (χ3v) is 5.92. The van der Waals surface area contributed by atoms with Crippen LogP contribution in [0, 0.1) is 5.41 Å². The number of carbonyl (C=O) groups excluding carboxylic acids is 1. The number of hydrogen-bond acceptors (Lipinski definition) is 5. The number of sulfone groups is 1. The Labute approximate surface area is 120 Å². The molecule has 0 aromatic rings. The third-order valence-electron chi connectivity index (χ3n) is 4.19. The molecule has 1 saturated heterocycles. The lowest BCUT2D eigenvalue weighted by Gasteiger charge is -2.23. The number of ether oxygens (including phenoxy) is 1. The summed E-state index contributed by atoms with van der Waals surface area (Å²) >= 11 is 0. The highest BCUT2D eigenvalue weighted by Crippen LogP contribution is 2.48. The average molecular weight is 304 g/mol. The van der Waals surface area contributed by atoms with Crippen LogP contribution in [-0.4, -0.2) is 58.7 Å². The van der Waals surface area contributed by atoms with E-state index in [9.17, 15) is 13.2 Å². The first-order chi connectivity index (χ1) is 9.45. The summed E-state index contributed by atoms with van der Waals surface area (Å²) in [5, 5.41) is 6.03. The van der Waals surface area contributed by atoms with Crippen molar-refractivity contribution < 1.29 is 17.9 Å². The summed E-state index contributed by atoms with van der Waals surface area (Å²) in [4.78, 5) is 11.9. The van der Waals surface area contributed by atoms with Gasteiger partial charge in [-0.05, 0) is 24.7 Å². The highest BCUT2D eigenvalue weighted by molar-refractivity contribution is 7.91. The molecular weight excluding hydrogens is 280 g/mol. The predicted molar refractivity (Wildman–Crippen MR) is 76.2 cm³/mol. The van der Waals surface area contributed by atoms with E-state index < -0.39 is 9.84 Å². The maximum Gasteiger partial charge on any atom is 0.221 e. The smallest absolute Gasteiger partial charge is 0.221 e. The van der Waals surface area contributed by atoms with Gasteiger partial charge in [-0.25, -0.2) is 8.42 Å². The van der Waals surface area contributed by atoms with Crippen molar-refractivity contribution in [3.05, 3.63) is 0 Å². The minimum Gasteiger partial charge on any atom is -0.385 e. The zero-order chi connectivity index (χ0) is 14.6. The van der Waals surface area contributed by atoms with Gasteiger partial charge in [0.15, 0.2) is 9.84 Å². The molecule has 2 rings (SSSR count). The Kier molecular flexibility index (Phi) is 5.04. The average Bonchev–Trinajstić information content (AvgIpc) is 3.13. The van der Waals surface area contributed by atoms with Crippen LogP contribution >= 0.6 is 0 Å². The van der Waals surface area contributed by atoms with E-state index in [0.29, 0.717) is 13.1 Å². The molecule has 1 atom stereocenters. The van der Waals surface area contributed by atoms with Crippen molar-refractivity contribution in [3.8, 4) is 0 Å². The molecule has 0 aromatic carbocycles. The fourth-order valence-electron chi connectivity index (χ4n) is 2.59. The van der Waals surface area contributed by atoms with Crippen molar-refractivity contribution in [2.24, 2.45) is 5.41 Å². The summed E-state index contributed by atoms with van der Waals surface area (Å²) in [7, 11) is -1.30. The van der Waals surface area contributed by atoms with Crippen molar-refractivity contribution in [3.63, 3.8) is 0 Å². The molecule has 1 aliphatic carbocycles. The Morgan fingerprint density at radius 1 is 1.45 bits per heavy atom. The van der Waals surface area contributed by atoms with Crippen LogP contribution in [0.1, 0.15) is 25.7 Å². The fraction of sp³-hybridized carbons (Fsp3) is 0.923. The van der Waals surface area contributed by atoms with Gasteiger partial charge in [0.25, 0.3) is 0 Å². The second-order valence-corrected chi connectivity index (χ2v) is 8.22. The first kappa shape index (κ1) is 15.7. The van der Waals surface area contributed by atoms with E-state index in [2.05, 4.69) is 10.6 Å². The molecule has 1 aliphatic heterocycles. The van der Waals surface area contributed by atoms with Gasteiger partial charge >= 0.3 is 0 Å². The molecule has 0 aromatic heterocycles. The SMILES string of the molecule is COCCC1(CNC(=O)CC2CS(=O)(=O)CCN2)CC1. The van der Waals surface area contributed by atoms with Crippen LogP contribution in [0.4, 0.5) is 0 Å². The molecule has 6 nitrogen and oxygen atoms in total. The van der Waals surface area contributed by atoms with Gasteiger partial charge in [0.2, 0.25) is 5.91 Å². The molecule has 7 heteroatoms. The second kappa shape index (κ2) is 6.41. The highest BCUT2D eigenvalue weighted by Gasteiger charge is 2.42. The van der Waals surface area contributed by atoms with Crippen molar-refractivity contribution in [1.82, 2.24) is 10.6 Å². The predicted octanol–water partition coefficient (Wildman–Crippen LogP) is -0.304. The zero-order valence-corrected chi connectivity index (χ0v) is 12.8. The molecule has 1 amide bonds. The Hall–Kier alpha value is -0.660. The number of carbonyl (C=O) groups is 1. The molecule has 0 radical (unpaired) electrons. The molecule has 1 heterocycles. The van der Waals surface area contributed by atoms with Crippen LogP contribution in [0.5, 0.6) is 0 Å². The van der Waals surface area contributed by atoms with E-state index in [-0.39, 0.29) is 35.3 Å². The van der Waals surface area contributed by atoms with Gasteiger partial charge in [0, 0.05) is 39.3 Å². The summed E-state index contributed by atoms with van der Waals surface area (Å²) in [6.07, 6.45) is 3.47. The standard InChI is InChI=1S/C13H24N2O4S/c1-19-6-4-13(2-3-13)10-15-12(16)8-11-9-20(17,18)7-5-14-11/h11,14H,2-10H2,1H3,(H,15,16). The van der Waals surface area contributed by atoms with E-state index in [1.807, 2.05) is 0 Å². The van der Waals surface area contributed by atoms with Crippen LogP contribution < -0.4 is 10.6 Å². The van der Waals surface area contributed by atoms with Gasteiger partial charge in [-0.15, -0.1) is 0 Å². The van der Waals surface area contributed by atoms with Crippen LogP contribution in [-0.2, 0) is 19.4 Å². The number of nitrogens with one attached hydrogen (secondary N) is 2. The minimum absolute atomic E-state index is 0.0647. The highest BCUT2D eigenvalue weighted by atomic mass is 32.2. The van der Waals surface area contributed by atoms with E-state index in [1.54, 1.807) is 7.11 Å². The summed E-state index contributed by atoms with van der Waals surface area (Å²) in [5.74, 6) is 0.170. The second-order valence-electron chi connectivity index (χ2n) is 5.99. The molecule has 2 N–H and O–H groups in total. The van der Waals surface area contributed by atoms with E-state index in [1.165, 1.54) is 0 Å². The fourth-order valence-corrected chi connectivity index (χ4v) is 4.04. The maximum atomic E-state index is 11.9. The number of amides is 1. The van der Waals surface area contributed by atoms with E-state index in [4.69, 9.17) is 4.74 Å². The van der Waals surface area contributed by atoms with Gasteiger partial charge in [-0.1, -0.05) is 0 Å². The monoisotopic (exact) mass is 304 g/mol. The summed E-state index contributed by atoms with van der Waals surface area (Å²) in [5.41, 5.74) is 0.220. The normalized spacial score (nSPS) is 26.9. The first-order valence-electron chi connectivity index (χ1n) is 7.14. The number of rotatable bonds is 7. The lowest BCUT2D eigenvalue weighted by Crippen LogP contribution is -2.47. The zero-order valence-electron chi connectivity index (χ0n) is 12.0. The van der Waals surface area contributed by atoms with Gasteiger partial charge < -0.3 is 15.4 Å². The quantitative estimate of drug-likeness (QED) is 0.674. The van der Waals surface area contributed by atoms with Crippen molar-refractivity contribution >= 4 is 15.7 Å². The van der Waals surface area contributed by atoms with Crippen LogP contribution in [0.2, 0.25) is 0 Å². The molecule has 0 bridgehead atoms. The van der Waals surface area contributed by atoms with Gasteiger partial charge in [0.05, 0.1) is 11.5 Å². The molecule has 1 saturated carbocycles. The molecule has 2 fully saturated rings. The van der Waals surface area contributed by atoms with Crippen LogP contribution in [0.25, 0.3) is 0 Å². The summed E-state index contributed by atoms with van der Waals surface area (Å²) in [6.45, 7) is 1.84.